The maximum atomic E-state index is 7.48. The first kappa shape index (κ1) is 17.8. The van der Waals surface area contributed by atoms with Gasteiger partial charge in [-0.25, -0.2) is 9.83 Å². The third-order valence-corrected chi connectivity index (χ3v) is 3.96. The third-order valence-electron chi connectivity index (χ3n) is 3.96. The van der Waals surface area contributed by atoms with Crippen LogP contribution >= 0.6 is 0 Å². The molecule has 2 N–H and O–H groups in total. The Bertz CT molecular complexity index is 1030. The summed E-state index contributed by atoms with van der Waals surface area (Å²) in [4.78, 5) is 8.02. The van der Waals surface area contributed by atoms with E-state index in [2.05, 4.69) is 61.2 Å². The Morgan fingerprint density at radius 2 is 1.69 bits per heavy atom. The third kappa shape index (κ3) is 2.98. The van der Waals surface area contributed by atoms with E-state index in [1.54, 1.807) is 4.63 Å². The molecule has 0 amide bonds. The number of fused-ring (bicyclic) bond motifs is 1. The van der Waals surface area contributed by atoms with Gasteiger partial charge in [0.15, 0.2) is 5.69 Å². The predicted molar refractivity (Wildman–Crippen MR) is 98.5 cm³/mol. The summed E-state index contributed by atoms with van der Waals surface area (Å²) < 4.78 is 1.60. The van der Waals surface area contributed by atoms with Crippen LogP contribution in [0.1, 0.15) is 58.8 Å². The van der Waals surface area contributed by atoms with Gasteiger partial charge < -0.3 is 0 Å². The molecule has 136 valence electrons. The average molecular weight is 353 g/mol. The summed E-state index contributed by atoms with van der Waals surface area (Å²) in [5, 5.41) is 23.3. The lowest BCUT2D eigenvalue weighted by Crippen LogP contribution is -2.12. The topological polar surface area (TPSA) is 104 Å². The molecule has 0 radical (unpaired) electrons. The smallest absolute Gasteiger partial charge is 0.255 e. The van der Waals surface area contributed by atoms with Crippen LogP contribution in [0.15, 0.2) is 10.2 Å². The van der Waals surface area contributed by atoms with Gasteiger partial charge in [0, 0.05) is 11.1 Å². The number of hydrogen-bond donors (Lipinski definition) is 2. The number of nitrogens with zero attached hydrogens (tertiary/aromatic N) is 7. The van der Waals surface area contributed by atoms with Gasteiger partial charge in [-0.05, 0) is 12.3 Å². The van der Waals surface area contributed by atoms with Gasteiger partial charge in [0.2, 0.25) is 11.5 Å². The van der Waals surface area contributed by atoms with Crippen LogP contribution in [-0.2, 0) is 10.8 Å². The minimum Gasteiger partial charge on any atom is -0.291 e. The summed E-state index contributed by atoms with van der Waals surface area (Å²) in [6, 6.07) is 0. The molecule has 0 spiro atoms. The van der Waals surface area contributed by atoms with Gasteiger partial charge in [-0.15, -0.1) is 15.3 Å². The molecule has 9 heteroatoms. The van der Waals surface area contributed by atoms with E-state index in [0.717, 1.165) is 11.4 Å². The Balaban J connectivity index is 2.12. The summed E-state index contributed by atoms with van der Waals surface area (Å²) in [5.74, 6) is 0.921. The largest absolute Gasteiger partial charge is 0.291 e. The Labute approximate surface area is 151 Å². The second-order valence-electron chi connectivity index (χ2n) is 8.31. The highest BCUT2D eigenvalue weighted by Crippen LogP contribution is 2.39. The zero-order valence-electron chi connectivity index (χ0n) is 16.1. The van der Waals surface area contributed by atoms with E-state index < -0.39 is 0 Å². The number of aromatic amines is 2. The number of nitrogens with one attached hydrogen (secondary N) is 2. The molecule has 0 aliphatic heterocycles. The number of aryl methyl sites for hydroxylation is 1. The van der Waals surface area contributed by atoms with Crippen LogP contribution in [0.2, 0.25) is 0 Å². The van der Waals surface area contributed by atoms with Crippen molar-refractivity contribution < 1.29 is 0 Å². The van der Waals surface area contributed by atoms with E-state index in [1.165, 1.54) is 0 Å². The van der Waals surface area contributed by atoms with Crippen LogP contribution < -0.4 is 0 Å². The minimum absolute atomic E-state index is 0.199. The van der Waals surface area contributed by atoms with Crippen molar-refractivity contribution in [3.63, 3.8) is 0 Å². The lowest BCUT2D eigenvalue weighted by molar-refractivity contribution is 0.557. The van der Waals surface area contributed by atoms with Crippen molar-refractivity contribution in [1.82, 2.24) is 30.0 Å². The Morgan fingerprint density at radius 3 is 2.27 bits per heavy atom. The van der Waals surface area contributed by atoms with Gasteiger partial charge in [-0.1, -0.05) is 41.5 Å². The summed E-state index contributed by atoms with van der Waals surface area (Å²) in [7, 11) is 0. The standard InChI is InChI=1S/C17H23N9/c1-9-19-15-11(13(17(5,6)7)25-26(15)24-9)20-22-14-10(18-8)12(21-23-14)16(2,3)4/h25H,1-7H3,(H,21,23). The van der Waals surface area contributed by atoms with Gasteiger partial charge in [-0.3, -0.25) is 10.2 Å². The minimum atomic E-state index is -0.233. The molecule has 0 atom stereocenters. The number of rotatable bonds is 2. The van der Waals surface area contributed by atoms with E-state index in [0.29, 0.717) is 22.8 Å². The highest BCUT2D eigenvalue weighted by Gasteiger charge is 2.27. The lowest BCUT2D eigenvalue weighted by Gasteiger charge is -2.16. The number of azo groups is 1. The van der Waals surface area contributed by atoms with Gasteiger partial charge >= 0.3 is 0 Å². The molecule has 0 aliphatic rings. The van der Waals surface area contributed by atoms with Gasteiger partial charge in [-0.2, -0.15) is 9.73 Å². The quantitative estimate of drug-likeness (QED) is 0.517. The Morgan fingerprint density at radius 1 is 1.04 bits per heavy atom. The van der Waals surface area contributed by atoms with Crippen molar-refractivity contribution in [2.24, 2.45) is 10.2 Å². The Kier molecular flexibility index (Phi) is 3.94. The monoisotopic (exact) mass is 353 g/mol. The molecule has 26 heavy (non-hydrogen) atoms. The maximum absolute atomic E-state index is 7.48. The van der Waals surface area contributed by atoms with E-state index in [1.807, 2.05) is 27.7 Å². The number of aromatic nitrogens is 6. The van der Waals surface area contributed by atoms with Crippen molar-refractivity contribution >= 4 is 22.8 Å². The summed E-state index contributed by atoms with van der Waals surface area (Å²) in [5.41, 5.74) is 2.78. The molecule has 0 unspecified atom stereocenters. The SMILES string of the molecule is [C-]#[N+]c1c(N=Nc2c(C(C)(C)C)[nH]n3nc(C)nc23)n[nH]c1C(C)(C)C. The van der Waals surface area contributed by atoms with Crippen LogP contribution in [0.25, 0.3) is 10.5 Å². The Hall–Kier alpha value is -3.02. The first-order chi connectivity index (χ1) is 12.0. The van der Waals surface area contributed by atoms with Crippen molar-refractivity contribution in [2.45, 2.75) is 59.3 Å². The van der Waals surface area contributed by atoms with Crippen LogP contribution in [0.3, 0.4) is 0 Å². The molecule has 3 aromatic rings. The van der Waals surface area contributed by atoms with Crippen LogP contribution in [-0.4, -0.2) is 30.0 Å². The highest BCUT2D eigenvalue weighted by atomic mass is 15.5. The normalized spacial score (nSPS) is 13.0. The molecular formula is C17H23N9. The summed E-state index contributed by atoms with van der Waals surface area (Å²) >= 11 is 0. The van der Waals surface area contributed by atoms with Crippen molar-refractivity contribution in [2.75, 3.05) is 0 Å². The van der Waals surface area contributed by atoms with Crippen LogP contribution in [0.4, 0.5) is 17.2 Å². The van der Waals surface area contributed by atoms with Crippen molar-refractivity contribution in [1.29, 1.82) is 0 Å². The summed E-state index contributed by atoms with van der Waals surface area (Å²) in [6.45, 7) is 21.6. The van der Waals surface area contributed by atoms with Gasteiger partial charge in [0.25, 0.3) is 5.69 Å². The molecule has 9 nitrogen and oxygen atoms in total. The zero-order chi connectivity index (χ0) is 19.3. The molecule has 3 aromatic heterocycles. The van der Waals surface area contributed by atoms with Crippen LogP contribution in [0, 0.1) is 13.5 Å². The van der Waals surface area contributed by atoms with Crippen molar-refractivity contribution in [3.05, 3.63) is 28.6 Å². The number of hydrogen-bond acceptors (Lipinski definition) is 5. The highest BCUT2D eigenvalue weighted by molar-refractivity contribution is 5.69. The molecule has 3 heterocycles. The molecule has 0 saturated heterocycles. The van der Waals surface area contributed by atoms with Crippen molar-refractivity contribution in [3.8, 4) is 0 Å². The van der Waals surface area contributed by atoms with Gasteiger partial charge in [0.1, 0.15) is 5.82 Å². The first-order valence-corrected chi connectivity index (χ1v) is 8.36. The molecule has 0 saturated carbocycles. The average Bonchev–Trinajstić information content (AvgIpc) is 3.15. The first-order valence-electron chi connectivity index (χ1n) is 8.36. The van der Waals surface area contributed by atoms with E-state index in [-0.39, 0.29) is 16.6 Å². The van der Waals surface area contributed by atoms with Gasteiger partial charge in [0.05, 0.1) is 12.3 Å². The summed E-state index contributed by atoms with van der Waals surface area (Å²) in [6.07, 6.45) is 0. The fourth-order valence-corrected chi connectivity index (χ4v) is 2.66. The maximum Gasteiger partial charge on any atom is 0.255 e. The number of H-pyrrole nitrogens is 2. The second-order valence-corrected chi connectivity index (χ2v) is 8.31. The molecule has 0 aliphatic carbocycles. The second kappa shape index (κ2) is 5.76. The van der Waals surface area contributed by atoms with Crippen LogP contribution in [0.5, 0.6) is 0 Å². The lowest BCUT2D eigenvalue weighted by atomic mass is 9.91. The van der Waals surface area contributed by atoms with E-state index in [4.69, 9.17) is 6.57 Å². The van der Waals surface area contributed by atoms with E-state index in [9.17, 15) is 0 Å². The molecule has 0 bridgehead atoms. The fraction of sp³-hybridized carbons (Fsp3) is 0.529. The molecular weight excluding hydrogens is 330 g/mol. The molecule has 0 fully saturated rings. The van der Waals surface area contributed by atoms with E-state index >= 15 is 0 Å². The zero-order valence-corrected chi connectivity index (χ0v) is 16.1. The molecule has 0 aromatic carbocycles. The fourth-order valence-electron chi connectivity index (χ4n) is 2.66. The predicted octanol–water partition coefficient (Wildman–Crippen LogP) is 4.65. The molecule has 3 rings (SSSR count).